The molecule has 0 aromatic carbocycles. The number of hydrogen-bond acceptors (Lipinski definition) is 0. The Bertz CT molecular complexity index is 72.0. The fraction of sp³-hybridized carbons (Fsp3) is 0.600. The molecule has 0 saturated heterocycles. The molecule has 0 aromatic rings. The summed E-state index contributed by atoms with van der Waals surface area (Å²) < 4.78 is 11.7. The van der Waals surface area contributed by atoms with Crippen LogP contribution in [0.1, 0.15) is 12.8 Å². The predicted molar refractivity (Wildman–Crippen MR) is 23.0 cm³/mol. The van der Waals surface area contributed by atoms with Gasteiger partial charge in [-0.1, -0.05) is 6.58 Å². The highest BCUT2D eigenvalue weighted by molar-refractivity contribution is 4.97. The quantitative estimate of drug-likeness (QED) is 0.457. The summed E-state index contributed by atoms with van der Waals surface area (Å²) in [6.45, 7) is 3.15. The summed E-state index contributed by atoms with van der Waals surface area (Å²) >= 11 is 0. The summed E-state index contributed by atoms with van der Waals surface area (Å²) in [6.07, 6.45) is 2.05. The first-order chi connectivity index (χ1) is 2.80. The van der Waals surface area contributed by atoms with Gasteiger partial charge in [0.1, 0.15) is 0 Å². The third kappa shape index (κ3) is 0.588. The van der Waals surface area contributed by atoms with Crippen molar-refractivity contribution >= 4 is 0 Å². The minimum atomic E-state index is -0.130. The molecular weight excluding hydrogens is 79.1 g/mol. The second-order valence-electron chi connectivity index (χ2n) is 1.72. The second kappa shape index (κ2) is 1.07. The first kappa shape index (κ1) is 3.85. The number of hydrogen-bond donors (Lipinski definition) is 0. The minimum Gasteiger partial charge on any atom is -0.212 e. The van der Waals surface area contributed by atoms with Gasteiger partial charge in [-0.25, -0.2) is 4.39 Å². The van der Waals surface area contributed by atoms with Gasteiger partial charge >= 0.3 is 0 Å². The molecule has 0 aromatic heterocycles. The maximum atomic E-state index is 11.7. The number of halogens is 1. The van der Waals surface area contributed by atoms with Crippen molar-refractivity contribution in [3.05, 3.63) is 12.4 Å². The van der Waals surface area contributed by atoms with E-state index in [1.165, 1.54) is 0 Å². The Kier molecular flexibility index (Phi) is 0.685. The zero-order valence-electron chi connectivity index (χ0n) is 3.58. The molecule has 1 fully saturated rings. The molecular formula is C5H7F. The maximum absolute atomic E-state index is 11.7. The van der Waals surface area contributed by atoms with Gasteiger partial charge in [0.2, 0.25) is 0 Å². The van der Waals surface area contributed by atoms with Crippen molar-refractivity contribution in [2.45, 2.75) is 12.8 Å². The third-order valence-corrected chi connectivity index (χ3v) is 1.02. The summed E-state index contributed by atoms with van der Waals surface area (Å²) in [4.78, 5) is 0. The van der Waals surface area contributed by atoms with E-state index in [1.54, 1.807) is 0 Å². The van der Waals surface area contributed by atoms with Gasteiger partial charge in [-0.3, -0.25) is 0 Å². The Balaban J connectivity index is 2.31. The molecule has 6 heavy (non-hydrogen) atoms. The van der Waals surface area contributed by atoms with Gasteiger partial charge in [0.25, 0.3) is 0 Å². The van der Waals surface area contributed by atoms with Crippen LogP contribution in [0.3, 0.4) is 0 Å². The zero-order valence-corrected chi connectivity index (χ0v) is 3.58. The van der Waals surface area contributed by atoms with Crippen LogP contribution in [0.4, 0.5) is 4.39 Å². The van der Waals surface area contributed by atoms with E-state index in [4.69, 9.17) is 0 Å². The normalized spacial score (nSPS) is 20.8. The highest BCUT2D eigenvalue weighted by atomic mass is 19.1. The molecule has 0 bridgehead atoms. The Labute approximate surface area is 36.7 Å². The lowest BCUT2D eigenvalue weighted by molar-refractivity contribution is 0.583. The molecule has 1 rings (SSSR count). The molecule has 0 unspecified atom stereocenters. The molecule has 34 valence electrons. The van der Waals surface area contributed by atoms with Crippen molar-refractivity contribution in [1.82, 2.24) is 0 Å². The average Bonchev–Trinajstić information content (AvgIpc) is 2.06. The van der Waals surface area contributed by atoms with Crippen molar-refractivity contribution in [3.63, 3.8) is 0 Å². The molecule has 0 nitrogen and oxygen atoms in total. The molecule has 0 aliphatic heterocycles. The van der Waals surface area contributed by atoms with Crippen LogP contribution < -0.4 is 0 Å². The van der Waals surface area contributed by atoms with Crippen LogP contribution in [-0.4, -0.2) is 0 Å². The van der Waals surface area contributed by atoms with Crippen molar-refractivity contribution in [1.29, 1.82) is 0 Å². The second-order valence-corrected chi connectivity index (χ2v) is 1.72. The first-order valence-corrected chi connectivity index (χ1v) is 2.15. The topological polar surface area (TPSA) is 0 Å². The molecule has 1 aliphatic carbocycles. The van der Waals surface area contributed by atoms with Crippen LogP contribution in [0.15, 0.2) is 12.4 Å². The highest BCUT2D eigenvalue weighted by Crippen LogP contribution is 2.35. The van der Waals surface area contributed by atoms with Gasteiger partial charge < -0.3 is 0 Å². The van der Waals surface area contributed by atoms with E-state index in [1.807, 2.05) is 0 Å². The molecule has 0 atom stereocenters. The fourth-order valence-electron chi connectivity index (χ4n) is 0.397. The van der Waals surface area contributed by atoms with Gasteiger partial charge in [0.15, 0.2) is 0 Å². The molecule has 0 heterocycles. The molecule has 0 N–H and O–H groups in total. The Morgan fingerprint density at radius 1 is 1.67 bits per heavy atom. The average molecular weight is 86.1 g/mol. The van der Waals surface area contributed by atoms with E-state index in [-0.39, 0.29) is 11.7 Å². The molecule has 0 spiro atoms. The molecule has 0 radical (unpaired) electrons. The van der Waals surface area contributed by atoms with E-state index in [0.717, 1.165) is 12.8 Å². The molecule has 1 aliphatic rings. The summed E-state index contributed by atoms with van der Waals surface area (Å²) in [5.41, 5.74) is 0. The van der Waals surface area contributed by atoms with Crippen LogP contribution in [0, 0.1) is 5.92 Å². The first-order valence-electron chi connectivity index (χ1n) is 2.15. The lowest BCUT2D eigenvalue weighted by Crippen LogP contribution is -1.66. The van der Waals surface area contributed by atoms with Gasteiger partial charge in [0.05, 0.1) is 5.83 Å². The summed E-state index contributed by atoms with van der Waals surface area (Å²) in [5, 5.41) is 0. The number of rotatable bonds is 1. The predicted octanol–water partition coefficient (Wildman–Crippen LogP) is 1.88. The van der Waals surface area contributed by atoms with E-state index in [9.17, 15) is 4.39 Å². The maximum Gasteiger partial charge on any atom is 0.0958 e. The lowest BCUT2D eigenvalue weighted by Gasteiger charge is -1.78. The smallest absolute Gasteiger partial charge is 0.0958 e. The largest absolute Gasteiger partial charge is 0.212 e. The lowest BCUT2D eigenvalue weighted by atomic mass is 10.4. The molecule has 0 amide bonds. The monoisotopic (exact) mass is 86.1 g/mol. The molecule has 1 saturated carbocycles. The third-order valence-electron chi connectivity index (χ3n) is 1.02. The standard InChI is InChI=1S/C5H7F/c1-4(6)5-2-3-5/h5H,1-3H2. The van der Waals surface area contributed by atoms with Crippen molar-refractivity contribution in [2.24, 2.45) is 5.92 Å². The summed E-state index contributed by atoms with van der Waals surface area (Å²) in [7, 11) is 0. The fourth-order valence-corrected chi connectivity index (χ4v) is 0.397. The van der Waals surface area contributed by atoms with Crippen LogP contribution in [0.2, 0.25) is 0 Å². The van der Waals surface area contributed by atoms with Crippen LogP contribution in [0.5, 0.6) is 0 Å². The van der Waals surface area contributed by atoms with Crippen molar-refractivity contribution in [2.75, 3.05) is 0 Å². The van der Waals surface area contributed by atoms with E-state index in [2.05, 4.69) is 6.58 Å². The Morgan fingerprint density at radius 2 is 2.17 bits per heavy atom. The Morgan fingerprint density at radius 3 is 2.17 bits per heavy atom. The van der Waals surface area contributed by atoms with Gasteiger partial charge in [0, 0.05) is 5.92 Å². The van der Waals surface area contributed by atoms with E-state index >= 15 is 0 Å². The van der Waals surface area contributed by atoms with Crippen molar-refractivity contribution < 1.29 is 4.39 Å². The van der Waals surface area contributed by atoms with Crippen LogP contribution in [-0.2, 0) is 0 Å². The van der Waals surface area contributed by atoms with Crippen LogP contribution in [0.25, 0.3) is 0 Å². The summed E-state index contributed by atoms with van der Waals surface area (Å²) in [6, 6.07) is 0. The SMILES string of the molecule is C=C(F)C1CC1. The molecule has 1 heteroatoms. The minimum absolute atomic E-state index is 0.130. The van der Waals surface area contributed by atoms with E-state index in [0.29, 0.717) is 0 Å². The number of allylic oxidation sites excluding steroid dienone is 1. The van der Waals surface area contributed by atoms with Crippen LogP contribution >= 0.6 is 0 Å². The van der Waals surface area contributed by atoms with Gasteiger partial charge in [-0.2, -0.15) is 0 Å². The van der Waals surface area contributed by atoms with Gasteiger partial charge in [-0.15, -0.1) is 0 Å². The summed E-state index contributed by atoms with van der Waals surface area (Å²) in [5.74, 6) is 0.111. The van der Waals surface area contributed by atoms with E-state index < -0.39 is 0 Å². The van der Waals surface area contributed by atoms with Gasteiger partial charge in [-0.05, 0) is 12.8 Å². The zero-order chi connectivity index (χ0) is 4.57. The Hall–Kier alpha value is -0.330. The van der Waals surface area contributed by atoms with Crippen molar-refractivity contribution in [3.8, 4) is 0 Å². The highest BCUT2D eigenvalue weighted by Gasteiger charge is 2.24.